The number of hydrogen-bond donors (Lipinski definition) is 1. The Morgan fingerprint density at radius 3 is 2.54 bits per heavy atom. The minimum Gasteiger partial charge on any atom is -0.491 e. The third-order valence-electron chi connectivity index (χ3n) is 4.97. The normalized spacial score (nSPS) is 14.5. The summed E-state index contributed by atoms with van der Waals surface area (Å²) in [5, 5.41) is 13.6. The van der Waals surface area contributed by atoms with Gasteiger partial charge in [0.25, 0.3) is 0 Å². The van der Waals surface area contributed by atoms with Crippen LogP contribution in [0.3, 0.4) is 0 Å². The van der Waals surface area contributed by atoms with Crippen LogP contribution >= 0.6 is 0 Å². The van der Waals surface area contributed by atoms with Crippen molar-refractivity contribution in [1.82, 2.24) is 19.7 Å². The Bertz CT molecular complexity index is 852. The third kappa shape index (κ3) is 4.77. The summed E-state index contributed by atoms with van der Waals surface area (Å²) in [6, 6.07) is 18.5. The first-order valence-corrected chi connectivity index (χ1v) is 9.81. The highest BCUT2D eigenvalue weighted by Crippen LogP contribution is 2.16. The van der Waals surface area contributed by atoms with Crippen LogP contribution in [-0.2, 0) is 25.9 Å². The van der Waals surface area contributed by atoms with Crippen LogP contribution < -0.4 is 4.74 Å². The van der Waals surface area contributed by atoms with Gasteiger partial charge in [-0.3, -0.25) is 4.90 Å². The van der Waals surface area contributed by atoms with Gasteiger partial charge < -0.3 is 9.84 Å². The molecule has 1 aromatic heterocycles. The van der Waals surface area contributed by atoms with Gasteiger partial charge in [0.1, 0.15) is 18.2 Å². The lowest BCUT2D eigenvalue weighted by Gasteiger charge is -2.19. The maximum absolute atomic E-state index is 8.83. The van der Waals surface area contributed by atoms with Gasteiger partial charge in [-0.2, -0.15) is 5.10 Å². The van der Waals surface area contributed by atoms with Gasteiger partial charge in [0.2, 0.25) is 0 Å². The van der Waals surface area contributed by atoms with Crippen molar-refractivity contribution in [2.24, 2.45) is 0 Å². The number of hydrogen-bond acceptors (Lipinski definition) is 5. The molecule has 6 nitrogen and oxygen atoms in total. The van der Waals surface area contributed by atoms with E-state index in [1.807, 2.05) is 18.2 Å². The van der Waals surface area contributed by atoms with Crippen LogP contribution in [0.15, 0.2) is 54.6 Å². The lowest BCUT2D eigenvalue weighted by Crippen LogP contribution is -2.26. The first kappa shape index (κ1) is 18.7. The van der Waals surface area contributed by atoms with Crippen molar-refractivity contribution >= 4 is 0 Å². The molecule has 1 aliphatic rings. The van der Waals surface area contributed by atoms with Gasteiger partial charge in [0.15, 0.2) is 5.82 Å². The van der Waals surface area contributed by atoms with E-state index in [0.29, 0.717) is 6.61 Å². The highest BCUT2D eigenvalue weighted by Gasteiger charge is 2.17. The summed E-state index contributed by atoms with van der Waals surface area (Å²) in [5.74, 6) is 2.79. The van der Waals surface area contributed by atoms with E-state index in [2.05, 4.69) is 46.0 Å². The number of aromatic nitrogens is 3. The van der Waals surface area contributed by atoms with Gasteiger partial charge in [0.05, 0.1) is 13.2 Å². The zero-order valence-corrected chi connectivity index (χ0v) is 16.0. The maximum Gasteiger partial charge on any atom is 0.155 e. The van der Waals surface area contributed by atoms with Crippen LogP contribution in [0, 0.1) is 0 Å². The van der Waals surface area contributed by atoms with Crippen LogP contribution in [0.25, 0.3) is 0 Å². The van der Waals surface area contributed by atoms with Gasteiger partial charge in [-0.15, -0.1) is 0 Å². The first-order chi connectivity index (χ1) is 13.8. The Labute approximate surface area is 165 Å². The molecular formula is C22H26N4O2. The lowest BCUT2D eigenvalue weighted by molar-refractivity contribution is 0.201. The lowest BCUT2D eigenvalue weighted by atomic mass is 10.1. The molecule has 0 amide bonds. The number of fused-ring (bicyclic) bond motifs is 1. The fourth-order valence-corrected chi connectivity index (χ4v) is 3.52. The van der Waals surface area contributed by atoms with E-state index in [4.69, 9.17) is 19.9 Å². The number of rotatable bonds is 7. The fraction of sp³-hybridized carbons (Fsp3) is 0.364. The van der Waals surface area contributed by atoms with E-state index >= 15 is 0 Å². The van der Waals surface area contributed by atoms with Gasteiger partial charge in [0, 0.05) is 32.5 Å². The van der Waals surface area contributed by atoms with E-state index < -0.39 is 0 Å². The van der Waals surface area contributed by atoms with Gasteiger partial charge in [-0.25, -0.2) is 9.67 Å². The molecule has 0 spiro atoms. The molecule has 0 atom stereocenters. The molecular weight excluding hydrogens is 352 g/mol. The topological polar surface area (TPSA) is 63.4 Å². The van der Waals surface area contributed by atoms with Crippen molar-refractivity contribution in [3.63, 3.8) is 0 Å². The largest absolute Gasteiger partial charge is 0.491 e. The summed E-state index contributed by atoms with van der Waals surface area (Å²) in [5.41, 5.74) is 2.50. The van der Waals surface area contributed by atoms with Crippen molar-refractivity contribution in [3.05, 3.63) is 77.4 Å². The molecule has 0 fully saturated rings. The predicted molar refractivity (Wildman–Crippen MR) is 107 cm³/mol. The third-order valence-corrected chi connectivity index (χ3v) is 4.97. The smallest absolute Gasteiger partial charge is 0.155 e. The second-order valence-corrected chi connectivity index (χ2v) is 7.07. The van der Waals surface area contributed by atoms with Crippen LogP contribution in [0.4, 0.5) is 0 Å². The van der Waals surface area contributed by atoms with E-state index in [0.717, 1.165) is 56.4 Å². The standard InChI is InChI=1S/C22H26N4O2/c27-14-15-28-20-8-6-19(7-9-20)17-25-11-10-22-23-21(24-26(22)13-12-25)16-18-4-2-1-3-5-18/h1-9,27H,10-17H2. The maximum atomic E-state index is 8.83. The summed E-state index contributed by atoms with van der Waals surface area (Å²) in [6.07, 6.45) is 1.70. The van der Waals surface area contributed by atoms with Gasteiger partial charge in [-0.05, 0) is 23.3 Å². The van der Waals surface area contributed by atoms with E-state index in [-0.39, 0.29) is 6.61 Å². The first-order valence-electron chi connectivity index (χ1n) is 9.81. The SMILES string of the molecule is OCCOc1ccc(CN2CCc3nc(Cc4ccccc4)nn3CC2)cc1. The van der Waals surface area contributed by atoms with E-state index in [9.17, 15) is 0 Å². The predicted octanol–water partition coefficient (Wildman–Crippen LogP) is 2.30. The van der Waals surface area contributed by atoms with Gasteiger partial charge in [-0.1, -0.05) is 42.5 Å². The minimum atomic E-state index is 0.0332. The number of benzene rings is 2. The van der Waals surface area contributed by atoms with Crippen molar-refractivity contribution < 1.29 is 9.84 Å². The molecule has 0 bridgehead atoms. The zero-order chi connectivity index (χ0) is 19.2. The Hall–Kier alpha value is -2.70. The van der Waals surface area contributed by atoms with Crippen molar-refractivity contribution in [2.75, 3.05) is 26.3 Å². The molecule has 2 heterocycles. The number of nitrogens with zero attached hydrogens (tertiary/aromatic N) is 4. The minimum absolute atomic E-state index is 0.0332. The Morgan fingerprint density at radius 2 is 1.75 bits per heavy atom. The Balaban J connectivity index is 1.33. The van der Waals surface area contributed by atoms with Crippen molar-refractivity contribution in [2.45, 2.75) is 25.9 Å². The Morgan fingerprint density at radius 1 is 0.929 bits per heavy atom. The van der Waals surface area contributed by atoms with Crippen LogP contribution in [0.2, 0.25) is 0 Å². The zero-order valence-electron chi connectivity index (χ0n) is 16.0. The molecule has 0 saturated heterocycles. The summed E-state index contributed by atoms with van der Waals surface area (Å²) in [4.78, 5) is 7.22. The van der Waals surface area contributed by atoms with Crippen LogP contribution in [0.1, 0.15) is 22.8 Å². The molecule has 0 unspecified atom stereocenters. The fourth-order valence-electron chi connectivity index (χ4n) is 3.52. The summed E-state index contributed by atoms with van der Waals surface area (Å²) in [7, 11) is 0. The van der Waals surface area contributed by atoms with Gasteiger partial charge >= 0.3 is 0 Å². The highest BCUT2D eigenvalue weighted by atomic mass is 16.5. The monoisotopic (exact) mass is 378 g/mol. The van der Waals surface area contributed by atoms with Crippen molar-refractivity contribution in [1.29, 1.82) is 0 Å². The summed E-state index contributed by atoms with van der Waals surface area (Å²) in [6.45, 7) is 4.08. The molecule has 1 aliphatic heterocycles. The number of aliphatic hydroxyl groups is 1. The summed E-state index contributed by atoms with van der Waals surface area (Å²) < 4.78 is 7.50. The van der Waals surface area contributed by atoms with Crippen LogP contribution in [-0.4, -0.2) is 51.1 Å². The number of aliphatic hydroxyl groups excluding tert-OH is 1. The Kier molecular flexibility index (Phi) is 5.99. The second kappa shape index (κ2) is 8.99. The van der Waals surface area contributed by atoms with E-state index in [1.54, 1.807) is 0 Å². The summed E-state index contributed by atoms with van der Waals surface area (Å²) >= 11 is 0. The molecule has 146 valence electrons. The van der Waals surface area contributed by atoms with Crippen molar-refractivity contribution in [3.8, 4) is 5.75 Å². The molecule has 0 aliphatic carbocycles. The molecule has 28 heavy (non-hydrogen) atoms. The average Bonchev–Trinajstić information content (AvgIpc) is 3.02. The van der Waals surface area contributed by atoms with Crippen LogP contribution in [0.5, 0.6) is 5.75 Å². The average molecular weight is 378 g/mol. The molecule has 1 N–H and O–H groups in total. The molecule has 6 heteroatoms. The second-order valence-electron chi connectivity index (χ2n) is 7.07. The number of ether oxygens (including phenoxy) is 1. The molecule has 4 rings (SSSR count). The molecule has 2 aromatic carbocycles. The highest BCUT2D eigenvalue weighted by molar-refractivity contribution is 5.27. The molecule has 0 saturated carbocycles. The molecule has 3 aromatic rings. The molecule has 0 radical (unpaired) electrons. The quantitative estimate of drug-likeness (QED) is 0.684. The van der Waals surface area contributed by atoms with E-state index in [1.165, 1.54) is 11.1 Å².